The van der Waals surface area contributed by atoms with E-state index in [0.717, 1.165) is 17.2 Å². The summed E-state index contributed by atoms with van der Waals surface area (Å²) >= 11 is 5.42. The number of methoxy groups -OCH3 is 2. The first-order valence-electron chi connectivity index (χ1n) is 8.19. The van der Waals surface area contributed by atoms with Gasteiger partial charge < -0.3 is 25.0 Å². The van der Waals surface area contributed by atoms with Gasteiger partial charge in [-0.05, 0) is 67.7 Å². The minimum atomic E-state index is -0.143. The van der Waals surface area contributed by atoms with Crippen molar-refractivity contribution in [1.29, 1.82) is 0 Å². The van der Waals surface area contributed by atoms with E-state index < -0.39 is 0 Å². The monoisotopic (exact) mass is 373 g/mol. The molecule has 0 aliphatic rings. The van der Waals surface area contributed by atoms with E-state index in [1.165, 1.54) is 0 Å². The number of rotatable bonds is 7. The summed E-state index contributed by atoms with van der Waals surface area (Å²) in [5, 5.41) is 6.47. The van der Waals surface area contributed by atoms with Gasteiger partial charge in [0, 0.05) is 17.9 Å². The predicted octanol–water partition coefficient (Wildman–Crippen LogP) is 3.36. The van der Waals surface area contributed by atoms with Crippen LogP contribution in [0.4, 0.5) is 11.4 Å². The molecule has 0 bridgehead atoms. The van der Waals surface area contributed by atoms with Gasteiger partial charge in [0.15, 0.2) is 5.11 Å². The average molecular weight is 373 g/mol. The molecule has 0 aromatic heterocycles. The third-order valence-electron chi connectivity index (χ3n) is 3.72. The maximum atomic E-state index is 12.3. The van der Waals surface area contributed by atoms with Gasteiger partial charge in [-0.2, -0.15) is 0 Å². The van der Waals surface area contributed by atoms with Gasteiger partial charge in [0.1, 0.15) is 11.5 Å². The standard InChI is InChI=1S/C19H23N3O3S/c1-4-22(19(26)21-15-7-11-17(25-3)12-8-15)13-18(23)20-14-5-9-16(24-2)10-6-14/h5-12H,4,13H2,1-3H3,(H,20,23)(H,21,26). The highest BCUT2D eigenvalue weighted by Crippen LogP contribution is 2.16. The number of nitrogens with one attached hydrogen (secondary N) is 2. The molecule has 0 saturated carbocycles. The maximum absolute atomic E-state index is 12.3. The number of hydrogen-bond acceptors (Lipinski definition) is 4. The fourth-order valence-electron chi connectivity index (χ4n) is 2.25. The van der Waals surface area contributed by atoms with E-state index in [-0.39, 0.29) is 12.5 Å². The van der Waals surface area contributed by atoms with Gasteiger partial charge in [-0.25, -0.2) is 0 Å². The van der Waals surface area contributed by atoms with Crippen LogP contribution in [0.5, 0.6) is 11.5 Å². The van der Waals surface area contributed by atoms with Crippen molar-refractivity contribution in [2.24, 2.45) is 0 Å². The van der Waals surface area contributed by atoms with Crippen LogP contribution in [0, 0.1) is 0 Å². The Labute approximate surface area is 159 Å². The summed E-state index contributed by atoms with van der Waals surface area (Å²) in [6.07, 6.45) is 0. The topological polar surface area (TPSA) is 62.8 Å². The summed E-state index contributed by atoms with van der Waals surface area (Å²) in [5.74, 6) is 1.37. The molecule has 0 atom stereocenters. The summed E-state index contributed by atoms with van der Waals surface area (Å²) in [5.41, 5.74) is 1.55. The first-order chi connectivity index (χ1) is 12.5. The second kappa shape index (κ2) is 9.62. The lowest BCUT2D eigenvalue weighted by molar-refractivity contribution is -0.116. The van der Waals surface area contributed by atoms with Gasteiger partial charge >= 0.3 is 0 Å². The molecule has 2 rings (SSSR count). The first-order valence-corrected chi connectivity index (χ1v) is 8.60. The molecule has 2 aromatic rings. The van der Waals surface area contributed by atoms with Crippen LogP contribution >= 0.6 is 12.2 Å². The Bertz CT molecular complexity index is 733. The summed E-state index contributed by atoms with van der Waals surface area (Å²) in [6, 6.07) is 14.6. The second-order valence-electron chi connectivity index (χ2n) is 5.45. The van der Waals surface area contributed by atoms with Crippen LogP contribution in [-0.2, 0) is 4.79 Å². The summed E-state index contributed by atoms with van der Waals surface area (Å²) in [6.45, 7) is 2.71. The highest BCUT2D eigenvalue weighted by atomic mass is 32.1. The normalized spacial score (nSPS) is 9.96. The van der Waals surface area contributed by atoms with Crippen LogP contribution in [0.3, 0.4) is 0 Å². The summed E-state index contributed by atoms with van der Waals surface area (Å²) in [4.78, 5) is 14.1. The fourth-order valence-corrected chi connectivity index (χ4v) is 2.56. The average Bonchev–Trinajstić information content (AvgIpc) is 2.67. The van der Waals surface area contributed by atoms with Crippen molar-refractivity contribution in [2.75, 3.05) is 37.9 Å². The molecule has 2 N–H and O–H groups in total. The Kier molecular flexibility index (Phi) is 7.23. The molecule has 0 radical (unpaired) electrons. The molecule has 0 unspecified atom stereocenters. The molecule has 1 amide bonds. The smallest absolute Gasteiger partial charge is 0.243 e. The highest BCUT2D eigenvalue weighted by Gasteiger charge is 2.13. The third kappa shape index (κ3) is 5.63. The number of hydrogen-bond donors (Lipinski definition) is 2. The zero-order valence-electron chi connectivity index (χ0n) is 15.1. The predicted molar refractivity (Wildman–Crippen MR) is 108 cm³/mol. The Hall–Kier alpha value is -2.80. The number of ether oxygens (including phenoxy) is 2. The van der Waals surface area contributed by atoms with Crippen molar-refractivity contribution in [3.8, 4) is 11.5 Å². The molecule has 6 nitrogen and oxygen atoms in total. The van der Waals surface area contributed by atoms with E-state index in [4.69, 9.17) is 21.7 Å². The van der Waals surface area contributed by atoms with Gasteiger partial charge in [-0.3, -0.25) is 4.79 Å². The summed E-state index contributed by atoms with van der Waals surface area (Å²) in [7, 11) is 3.22. The van der Waals surface area contributed by atoms with Crippen molar-refractivity contribution < 1.29 is 14.3 Å². The van der Waals surface area contributed by atoms with Crippen molar-refractivity contribution in [2.45, 2.75) is 6.92 Å². The molecule has 138 valence electrons. The maximum Gasteiger partial charge on any atom is 0.243 e. The number of likely N-dealkylation sites (N-methyl/N-ethyl adjacent to an activating group) is 1. The second-order valence-corrected chi connectivity index (χ2v) is 5.84. The zero-order chi connectivity index (χ0) is 18.9. The number of benzene rings is 2. The molecule has 26 heavy (non-hydrogen) atoms. The molecule has 0 spiro atoms. The molecule has 0 fully saturated rings. The van der Waals surface area contributed by atoms with E-state index in [2.05, 4.69) is 10.6 Å². The molecular formula is C19H23N3O3S. The molecule has 0 aliphatic carbocycles. The highest BCUT2D eigenvalue weighted by molar-refractivity contribution is 7.80. The number of thiocarbonyl (C=S) groups is 1. The molecule has 0 heterocycles. The molecular weight excluding hydrogens is 350 g/mol. The summed E-state index contributed by atoms with van der Waals surface area (Å²) < 4.78 is 10.2. The number of carbonyl (C=O) groups excluding carboxylic acids is 1. The third-order valence-corrected chi connectivity index (χ3v) is 4.08. The van der Waals surface area contributed by atoms with E-state index in [9.17, 15) is 4.79 Å². The van der Waals surface area contributed by atoms with Crippen LogP contribution < -0.4 is 20.1 Å². The van der Waals surface area contributed by atoms with Crippen LogP contribution in [-0.4, -0.2) is 43.2 Å². The van der Waals surface area contributed by atoms with Crippen molar-refractivity contribution in [3.05, 3.63) is 48.5 Å². The number of anilines is 2. The Balaban J connectivity index is 1.91. The van der Waals surface area contributed by atoms with Gasteiger partial charge in [-0.15, -0.1) is 0 Å². The SMILES string of the molecule is CCN(CC(=O)Nc1ccc(OC)cc1)C(=S)Nc1ccc(OC)cc1. The lowest BCUT2D eigenvalue weighted by Gasteiger charge is -2.24. The van der Waals surface area contributed by atoms with E-state index in [1.54, 1.807) is 43.4 Å². The Morgan fingerprint density at radius 3 is 1.81 bits per heavy atom. The Morgan fingerprint density at radius 2 is 1.38 bits per heavy atom. The van der Waals surface area contributed by atoms with E-state index >= 15 is 0 Å². The van der Waals surface area contributed by atoms with Gasteiger partial charge in [0.2, 0.25) is 5.91 Å². The minimum absolute atomic E-state index is 0.143. The first kappa shape index (κ1) is 19.5. The fraction of sp³-hybridized carbons (Fsp3) is 0.263. The van der Waals surface area contributed by atoms with Crippen LogP contribution in [0.15, 0.2) is 48.5 Å². The number of amides is 1. The largest absolute Gasteiger partial charge is 0.497 e. The van der Waals surface area contributed by atoms with E-state index in [0.29, 0.717) is 17.3 Å². The molecule has 7 heteroatoms. The van der Waals surface area contributed by atoms with Crippen LogP contribution in [0.2, 0.25) is 0 Å². The quantitative estimate of drug-likeness (QED) is 0.726. The van der Waals surface area contributed by atoms with Gasteiger partial charge in [0.05, 0.1) is 20.8 Å². The van der Waals surface area contributed by atoms with E-state index in [1.807, 2.05) is 31.2 Å². The Morgan fingerprint density at radius 1 is 0.923 bits per heavy atom. The van der Waals surface area contributed by atoms with Crippen LogP contribution in [0.1, 0.15) is 6.92 Å². The van der Waals surface area contributed by atoms with Gasteiger partial charge in [-0.1, -0.05) is 0 Å². The van der Waals surface area contributed by atoms with Gasteiger partial charge in [0.25, 0.3) is 0 Å². The number of nitrogens with zero attached hydrogens (tertiary/aromatic N) is 1. The molecule has 2 aromatic carbocycles. The van der Waals surface area contributed by atoms with Crippen molar-refractivity contribution >= 4 is 34.6 Å². The molecule has 0 saturated heterocycles. The lowest BCUT2D eigenvalue weighted by atomic mass is 10.3. The lowest BCUT2D eigenvalue weighted by Crippen LogP contribution is -2.40. The van der Waals surface area contributed by atoms with Crippen molar-refractivity contribution in [1.82, 2.24) is 4.90 Å². The zero-order valence-corrected chi connectivity index (χ0v) is 15.9. The molecule has 0 aliphatic heterocycles. The van der Waals surface area contributed by atoms with Crippen LogP contribution in [0.25, 0.3) is 0 Å². The number of carbonyl (C=O) groups is 1. The van der Waals surface area contributed by atoms with Crippen molar-refractivity contribution in [3.63, 3.8) is 0 Å². The minimum Gasteiger partial charge on any atom is -0.497 e.